The van der Waals surface area contributed by atoms with E-state index in [-0.39, 0.29) is 11.3 Å². The van der Waals surface area contributed by atoms with Crippen molar-refractivity contribution < 1.29 is 28.7 Å². The standard InChI is InChI=1S/C22H26N2O5/c1-14-9-10-17(29-14)20(25)18-19(15-7-5-8-16(13-15)28-4)24(22(27)21(18)26)12-6-11-23(2)3/h5,7-10,13,19,26H,6,11-12H2,1-4H3/p+1/t19-/m1/s1. The van der Waals surface area contributed by atoms with E-state index in [4.69, 9.17) is 9.15 Å². The Labute approximate surface area is 170 Å². The number of methoxy groups -OCH3 is 1. The zero-order valence-corrected chi connectivity index (χ0v) is 17.2. The topological polar surface area (TPSA) is 84.4 Å². The van der Waals surface area contributed by atoms with E-state index in [1.165, 1.54) is 4.90 Å². The Morgan fingerprint density at radius 2 is 2.03 bits per heavy atom. The highest BCUT2D eigenvalue weighted by Crippen LogP contribution is 2.40. The summed E-state index contributed by atoms with van der Waals surface area (Å²) in [4.78, 5) is 28.8. The van der Waals surface area contributed by atoms with E-state index in [1.54, 1.807) is 49.3 Å². The van der Waals surface area contributed by atoms with Crippen molar-refractivity contribution in [2.75, 3.05) is 34.3 Å². The van der Waals surface area contributed by atoms with Gasteiger partial charge in [0, 0.05) is 13.0 Å². The quantitative estimate of drug-likeness (QED) is 0.660. The van der Waals surface area contributed by atoms with Crippen molar-refractivity contribution in [2.24, 2.45) is 0 Å². The Morgan fingerprint density at radius 1 is 1.28 bits per heavy atom. The number of rotatable bonds is 8. The van der Waals surface area contributed by atoms with Gasteiger partial charge in [-0.15, -0.1) is 0 Å². The third kappa shape index (κ3) is 4.19. The van der Waals surface area contributed by atoms with E-state index < -0.39 is 23.5 Å². The highest BCUT2D eigenvalue weighted by Gasteiger charge is 2.44. The first-order valence-corrected chi connectivity index (χ1v) is 9.61. The van der Waals surface area contributed by atoms with Crippen molar-refractivity contribution in [2.45, 2.75) is 19.4 Å². The lowest BCUT2D eigenvalue weighted by atomic mass is 9.95. The van der Waals surface area contributed by atoms with E-state index in [9.17, 15) is 14.7 Å². The number of quaternary nitrogens is 1. The smallest absolute Gasteiger partial charge is 0.290 e. The number of carbonyl (C=O) groups excluding carboxylic acids is 2. The molecule has 0 saturated heterocycles. The number of hydrogen-bond acceptors (Lipinski definition) is 5. The molecule has 2 heterocycles. The fourth-order valence-corrected chi connectivity index (χ4v) is 3.57. The number of aliphatic hydroxyl groups excluding tert-OH is 1. The molecular formula is C22H27N2O5+. The molecule has 1 aromatic carbocycles. The number of ether oxygens (including phenoxy) is 1. The summed E-state index contributed by atoms with van der Waals surface area (Å²) in [7, 11) is 5.63. The Kier molecular flexibility index (Phi) is 6.08. The molecule has 0 aliphatic carbocycles. The van der Waals surface area contributed by atoms with Gasteiger partial charge in [-0.1, -0.05) is 12.1 Å². The van der Waals surface area contributed by atoms with E-state index >= 15 is 0 Å². The number of nitrogens with zero attached hydrogens (tertiary/aromatic N) is 1. The van der Waals surface area contributed by atoms with Crippen LogP contribution in [0.25, 0.3) is 0 Å². The number of carbonyl (C=O) groups is 2. The molecular weight excluding hydrogens is 372 g/mol. The van der Waals surface area contributed by atoms with Crippen molar-refractivity contribution in [3.8, 4) is 5.75 Å². The molecule has 1 atom stereocenters. The largest absolute Gasteiger partial charge is 0.503 e. The predicted octanol–water partition coefficient (Wildman–Crippen LogP) is 1.71. The first kappa shape index (κ1) is 20.7. The van der Waals surface area contributed by atoms with E-state index in [0.29, 0.717) is 23.6 Å². The second kappa shape index (κ2) is 8.53. The number of furan rings is 1. The van der Waals surface area contributed by atoms with Crippen LogP contribution >= 0.6 is 0 Å². The van der Waals surface area contributed by atoms with Gasteiger partial charge >= 0.3 is 0 Å². The van der Waals surface area contributed by atoms with Crippen molar-refractivity contribution >= 4 is 11.7 Å². The number of nitrogens with one attached hydrogen (secondary N) is 1. The molecule has 0 unspecified atom stereocenters. The van der Waals surface area contributed by atoms with Gasteiger partial charge in [0.15, 0.2) is 11.5 Å². The van der Waals surface area contributed by atoms with Gasteiger partial charge in [0.1, 0.15) is 11.5 Å². The summed E-state index contributed by atoms with van der Waals surface area (Å²) in [5.74, 6) is -0.254. The lowest BCUT2D eigenvalue weighted by molar-refractivity contribution is -0.858. The van der Waals surface area contributed by atoms with Crippen LogP contribution in [-0.2, 0) is 4.79 Å². The minimum absolute atomic E-state index is 0.0369. The van der Waals surface area contributed by atoms with E-state index in [2.05, 4.69) is 0 Å². The van der Waals surface area contributed by atoms with Crippen LogP contribution in [0.5, 0.6) is 5.75 Å². The molecule has 7 nitrogen and oxygen atoms in total. The maximum Gasteiger partial charge on any atom is 0.290 e. The third-order valence-electron chi connectivity index (χ3n) is 5.00. The number of aliphatic hydroxyl groups is 1. The zero-order valence-electron chi connectivity index (χ0n) is 17.2. The molecule has 29 heavy (non-hydrogen) atoms. The minimum Gasteiger partial charge on any atom is -0.503 e. The number of hydrogen-bond donors (Lipinski definition) is 2. The van der Waals surface area contributed by atoms with Gasteiger partial charge in [-0.3, -0.25) is 9.59 Å². The normalized spacial score (nSPS) is 16.8. The van der Waals surface area contributed by atoms with Gasteiger partial charge < -0.3 is 24.1 Å². The summed E-state index contributed by atoms with van der Waals surface area (Å²) < 4.78 is 10.8. The summed E-state index contributed by atoms with van der Waals surface area (Å²) in [5.41, 5.74) is 0.736. The van der Waals surface area contributed by atoms with Crippen LogP contribution in [0.4, 0.5) is 0 Å². The average Bonchev–Trinajstić information content (AvgIpc) is 3.24. The number of Topliss-reactive ketones (excluding diaryl/α,β-unsaturated/α-hetero) is 1. The van der Waals surface area contributed by atoms with Crippen LogP contribution in [0.15, 0.2) is 52.1 Å². The van der Waals surface area contributed by atoms with Crippen LogP contribution in [-0.4, -0.2) is 56.0 Å². The monoisotopic (exact) mass is 399 g/mol. The van der Waals surface area contributed by atoms with Gasteiger partial charge in [0.05, 0.1) is 39.4 Å². The molecule has 1 aromatic heterocycles. The van der Waals surface area contributed by atoms with Crippen molar-refractivity contribution in [3.63, 3.8) is 0 Å². The van der Waals surface area contributed by atoms with Crippen LogP contribution in [0, 0.1) is 6.92 Å². The first-order valence-electron chi connectivity index (χ1n) is 9.61. The van der Waals surface area contributed by atoms with Crippen LogP contribution < -0.4 is 9.64 Å². The summed E-state index contributed by atoms with van der Waals surface area (Å²) in [6.07, 6.45) is 0.739. The summed E-state index contributed by atoms with van der Waals surface area (Å²) in [5, 5.41) is 10.6. The lowest BCUT2D eigenvalue weighted by Crippen LogP contribution is -3.05. The molecule has 1 aliphatic rings. The fourth-order valence-electron chi connectivity index (χ4n) is 3.57. The molecule has 7 heteroatoms. The fraction of sp³-hybridized carbons (Fsp3) is 0.364. The third-order valence-corrected chi connectivity index (χ3v) is 5.00. The van der Waals surface area contributed by atoms with Crippen molar-refractivity contribution in [1.29, 1.82) is 0 Å². The molecule has 2 aromatic rings. The molecule has 154 valence electrons. The van der Waals surface area contributed by atoms with Crippen LogP contribution in [0.3, 0.4) is 0 Å². The summed E-state index contributed by atoms with van der Waals surface area (Å²) >= 11 is 0. The molecule has 0 spiro atoms. The second-order valence-electron chi connectivity index (χ2n) is 7.49. The molecule has 1 aliphatic heterocycles. The Balaban J connectivity index is 2.03. The maximum absolute atomic E-state index is 13.2. The molecule has 1 amide bonds. The number of aryl methyl sites for hydroxylation is 1. The summed E-state index contributed by atoms with van der Waals surface area (Å²) in [6.45, 7) is 3.01. The van der Waals surface area contributed by atoms with Crippen LogP contribution in [0.1, 0.15) is 34.3 Å². The molecule has 0 saturated carbocycles. The highest BCUT2D eigenvalue weighted by molar-refractivity contribution is 6.15. The lowest BCUT2D eigenvalue weighted by Gasteiger charge is -2.27. The van der Waals surface area contributed by atoms with Gasteiger partial charge in [-0.05, 0) is 36.8 Å². The van der Waals surface area contributed by atoms with Crippen LogP contribution in [0.2, 0.25) is 0 Å². The minimum atomic E-state index is -0.701. The molecule has 2 N–H and O–H groups in total. The van der Waals surface area contributed by atoms with E-state index in [1.807, 2.05) is 20.2 Å². The zero-order chi connectivity index (χ0) is 21.1. The van der Waals surface area contributed by atoms with Gasteiger partial charge in [-0.2, -0.15) is 0 Å². The Bertz CT molecular complexity index is 944. The summed E-state index contributed by atoms with van der Waals surface area (Å²) in [6, 6.07) is 9.73. The first-order chi connectivity index (χ1) is 13.8. The van der Waals surface area contributed by atoms with Crippen molar-refractivity contribution in [1.82, 2.24) is 4.90 Å². The van der Waals surface area contributed by atoms with Gasteiger partial charge in [0.2, 0.25) is 5.78 Å². The Morgan fingerprint density at radius 3 is 2.66 bits per heavy atom. The second-order valence-corrected chi connectivity index (χ2v) is 7.49. The average molecular weight is 399 g/mol. The SMILES string of the molecule is COc1cccc([C@@H]2C(C(=O)c3ccc(C)o3)=C(O)C(=O)N2CCC[NH+](C)C)c1. The molecule has 0 radical (unpaired) electrons. The van der Waals surface area contributed by atoms with E-state index in [0.717, 1.165) is 13.0 Å². The molecule has 3 rings (SSSR count). The van der Waals surface area contributed by atoms with Gasteiger partial charge in [-0.25, -0.2) is 0 Å². The maximum atomic E-state index is 13.2. The number of amides is 1. The molecule has 0 fully saturated rings. The number of benzene rings is 1. The predicted molar refractivity (Wildman–Crippen MR) is 107 cm³/mol. The van der Waals surface area contributed by atoms with Gasteiger partial charge in [0.25, 0.3) is 5.91 Å². The highest BCUT2D eigenvalue weighted by atomic mass is 16.5. The molecule has 0 bridgehead atoms. The Hall–Kier alpha value is -3.06. The van der Waals surface area contributed by atoms with Crippen molar-refractivity contribution in [3.05, 3.63) is 64.8 Å². The number of ketones is 1.